The molecule has 2 heteroatoms. The topological polar surface area (TPSA) is 15.3 Å². The van der Waals surface area contributed by atoms with E-state index < -0.39 is 0 Å². The SMILES string of the molecule is CCC(C)CN(C)CCCCCCNC(C)C. The van der Waals surface area contributed by atoms with Gasteiger partial charge >= 0.3 is 0 Å². The predicted octanol–water partition coefficient (Wildman–Crippen LogP) is 3.52. The van der Waals surface area contributed by atoms with Crippen LogP contribution in [-0.4, -0.2) is 37.6 Å². The van der Waals surface area contributed by atoms with E-state index in [0.29, 0.717) is 6.04 Å². The average molecular weight is 242 g/mol. The van der Waals surface area contributed by atoms with Crippen LogP contribution in [0.25, 0.3) is 0 Å². The maximum atomic E-state index is 3.47. The Hall–Kier alpha value is -0.0800. The second-order valence-corrected chi connectivity index (χ2v) is 5.80. The van der Waals surface area contributed by atoms with Gasteiger partial charge in [-0.15, -0.1) is 0 Å². The van der Waals surface area contributed by atoms with E-state index in [0.717, 1.165) is 5.92 Å². The molecule has 17 heavy (non-hydrogen) atoms. The van der Waals surface area contributed by atoms with Crippen LogP contribution in [-0.2, 0) is 0 Å². The molecule has 0 aliphatic heterocycles. The Balaban J connectivity index is 3.22. The quantitative estimate of drug-likeness (QED) is 0.558. The zero-order chi connectivity index (χ0) is 13.1. The van der Waals surface area contributed by atoms with Gasteiger partial charge in [0.1, 0.15) is 0 Å². The molecule has 0 radical (unpaired) electrons. The van der Waals surface area contributed by atoms with Crippen molar-refractivity contribution in [3.8, 4) is 0 Å². The van der Waals surface area contributed by atoms with Crippen LogP contribution in [0.4, 0.5) is 0 Å². The fraction of sp³-hybridized carbons (Fsp3) is 1.00. The lowest BCUT2D eigenvalue weighted by Crippen LogP contribution is -2.25. The van der Waals surface area contributed by atoms with Crippen molar-refractivity contribution in [2.24, 2.45) is 5.92 Å². The molecule has 1 atom stereocenters. The Kier molecular flexibility index (Phi) is 11.0. The molecule has 104 valence electrons. The molecule has 0 aliphatic rings. The third-order valence-corrected chi connectivity index (χ3v) is 3.34. The Morgan fingerprint density at radius 1 is 1.00 bits per heavy atom. The minimum Gasteiger partial charge on any atom is -0.315 e. The van der Waals surface area contributed by atoms with E-state index >= 15 is 0 Å². The summed E-state index contributed by atoms with van der Waals surface area (Å²) < 4.78 is 0. The fourth-order valence-corrected chi connectivity index (χ4v) is 2.00. The molecule has 2 nitrogen and oxygen atoms in total. The predicted molar refractivity (Wildman–Crippen MR) is 78.6 cm³/mol. The standard InChI is InChI=1S/C15H34N2/c1-6-15(4)13-17(5)12-10-8-7-9-11-16-14(2)3/h14-16H,6-13H2,1-5H3. The molecule has 0 aliphatic carbocycles. The molecule has 0 aromatic carbocycles. The van der Waals surface area contributed by atoms with Crippen LogP contribution in [0.3, 0.4) is 0 Å². The van der Waals surface area contributed by atoms with Gasteiger partial charge in [0.15, 0.2) is 0 Å². The lowest BCUT2D eigenvalue weighted by atomic mass is 10.1. The highest BCUT2D eigenvalue weighted by atomic mass is 15.1. The van der Waals surface area contributed by atoms with Gasteiger partial charge in [0.25, 0.3) is 0 Å². The van der Waals surface area contributed by atoms with Crippen LogP contribution in [0, 0.1) is 5.92 Å². The van der Waals surface area contributed by atoms with E-state index in [1.54, 1.807) is 0 Å². The Morgan fingerprint density at radius 2 is 1.65 bits per heavy atom. The third-order valence-electron chi connectivity index (χ3n) is 3.34. The minimum atomic E-state index is 0.636. The lowest BCUT2D eigenvalue weighted by molar-refractivity contribution is 0.276. The van der Waals surface area contributed by atoms with Crippen LogP contribution >= 0.6 is 0 Å². The molecule has 0 heterocycles. The third kappa shape index (κ3) is 12.2. The van der Waals surface area contributed by atoms with Gasteiger partial charge in [-0.1, -0.05) is 47.0 Å². The second kappa shape index (κ2) is 11.0. The van der Waals surface area contributed by atoms with Gasteiger partial charge in [0.05, 0.1) is 0 Å². The van der Waals surface area contributed by atoms with Crippen molar-refractivity contribution in [2.75, 3.05) is 26.7 Å². The summed E-state index contributed by atoms with van der Waals surface area (Å²) in [7, 11) is 2.26. The van der Waals surface area contributed by atoms with Gasteiger partial charge in [-0.05, 0) is 38.9 Å². The van der Waals surface area contributed by atoms with E-state index in [2.05, 4.69) is 45.0 Å². The van der Waals surface area contributed by atoms with E-state index in [1.165, 1.54) is 51.7 Å². The molecular formula is C15H34N2. The number of nitrogens with one attached hydrogen (secondary N) is 1. The summed E-state index contributed by atoms with van der Waals surface area (Å²) in [4.78, 5) is 2.49. The van der Waals surface area contributed by atoms with Crippen LogP contribution < -0.4 is 5.32 Å². The average Bonchev–Trinajstić information content (AvgIpc) is 2.27. The first-order chi connectivity index (χ1) is 8.06. The van der Waals surface area contributed by atoms with E-state index in [-0.39, 0.29) is 0 Å². The largest absolute Gasteiger partial charge is 0.315 e. The zero-order valence-electron chi connectivity index (χ0n) is 12.8. The molecule has 0 saturated heterocycles. The first kappa shape index (κ1) is 16.9. The van der Waals surface area contributed by atoms with E-state index in [9.17, 15) is 0 Å². The molecule has 0 spiro atoms. The van der Waals surface area contributed by atoms with Crippen molar-refractivity contribution in [3.63, 3.8) is 0 Å². The summed E-state index contributed by atoms with van der Waals surface area (Å²) in [6, 6.07) is 0.636. The van der Waals surface area contributed by atoms with Gasteiger partial charge in [-0.3, -0.25) is 0 Å². The molecular weight excluding hydrogens is 208 g/mol. The normalized spacial score (nSPS) is 13.6. The summed E-state index contributed by atoms with van der Waals surface area (Å²) in [5.74, 6) is 0.843. The molecule has 0 aromatic heterocycles. The monoisotopic (exact) mass is 242 g/mol. The number of nitrogens with zero attached hydrogens (tertiary/aromatic N) is 1. The summed E-state index contributed by atoms with van der Waals surface area (Å²) >= 11 is 0. The molecule has 0 amide bonds. The first-order valence-electron chi connectivity index (χ1n) is 7.48. The maximum Gasteiger partial charge on any atom is 0.00103 e. The number of rotatable bonds is 11. The molecule has 1 N–H and O–H groups in total. The molecule has 1 unspecified atom stereocenters. The van der Waals surface area contributed by atoms with Crippen LogP contribution in [0.2, 0.25) is 0 Å². The molecule has 0 rings (SSSR count). The Bertz CT molecular complexity index is 157. The van der Waals surface area contributed by atoms with Crippen molar-refractivity contribution in [2.45, 2.75) is 65.8 Å². The summed E-state index contributed by atoms with van der Waals surface area (Å²) in [5, 5.41) is 3.47. The molecule has 0 aromatic rings. The lowest BCUT2D eigenvalue weighted by Gasteiger charge is -2.20. The Labute approximate surface area is 109 Å². The van der Waals surface area contributed by atoms with Gasteiger partial charge in [-0.2, -0.15) is 0 Å². The van der Waals surface area contributed by atoms with Crippen LogP contribution in [0.5, 0.6) is 0 Å². The van der Waals surface area contributed by atoms with Crippen LogP contribution in [0.15, 0.2) is 0 Å². The highest BCUT2D eigenvalue weighted by Crippen LogP contribution is 2.05. The number of unbranched alkanes of at least 4 members (excludes halogenated alkanes) is 3. The zero-order valence-corrected chi connectivity index (χ0v) is 12.8. The van der Waals surface area contributed by atoms with Gasteiger partial charge < -0.3 is 10.2 Å². The number of hydrogen-bond acceptors (Lipinski definition) is 2. The van der Waals surface area contributed by atoms with Crippen LogP contribution in [0.1, 0.15) is 59.8 Å². The second-order valence-electron chi connectivity index (χ2n) is 5.80. The minimum absolute atomic E-state index is 0.636. The summed E-state index contributed by atoms with van der Waals surface area (Å²) in [6.07, 6.45) is 6.73. The molecule has 0 bridgehead atoms. The van der Waals surface area contributed by atoms with Crippen molar-refractivity contribution in [1.29, 1.82) is 0 Å². The maximum absolute atomic E-state index is 3.47. The molecule has 0 fully saturated rings. The molecule has 0 saturated carbocycles. The van der Waals surface area contributed by atoms with Gasteiger partial charge in [0, 0.05) is 12.6 Å². The van der Waals surface area contributed by atoms with Crippen molar-refractivity contribution < 1.29 is 0 Å². The van der Waals surface area contributed by atoms with Crippen molar-refractivity contribution >= 4 is 0 Å². The van der Waals surface area contributed by atoms with Crippen molar-refractivity contribution in [1.82, 2.24) is 10.2 Å². The van der Waals surface area contributed by atoms with E-state index in [4.69, 9.17) is 0 Å². The van der Waals surface area contributed by atoms with Gasteiger partial charge in [0.2, 0.25) is 0 Å². The highest BCUT2D eigenvalue weighted by Gasteiger charge is 2.03. The van der Waals surface area contributed by atoms with Gasteiger partial charge in [-0.25, -0.2) is 0 Å². The summed E-state index contributed by atoms with van der Waals surface area (Å²) in [6.45, 7) is 12.7. The smallest absolute Gasteiger partial charge is 0.00103 e. The van der Waals surface area contributed by atoms with E-state index in [1.807, 2.05) is 0 Å². The van der Waals surface area contributed by atoms with Crippen molar-refractivity contribution in [3.05, 3.63) is 0 Å². The summed E-state index contributed by atoms with van der Waals surface area (Å²) in [5.41, 5.74) is 0. The highest BCUT2D eigenvalue weighted by molar-refractivity contribution is 4.58. The fourth-order valence-electron chi connectivity index (χ4n) is 2.00. The first-order valence-corrected chi connectivity index (χ1v) is 7.48. The Morgan fingerprint density at radius 3 is 2.24 bits per heavy atom. The number of hydrogen-bond donors (Lipinski definition) is 1.